The van der Waals surface area contributed by atoms with E-state index in [1.165, 1.54) is 10.6 Å². The summed E-state index contributed by atoms with van der Waals surface area (Å²) in [6.07, 6.45) is 1.67. The summed E-state index contributed by atoms with van der Waals surface area (Å²) in [4.78, 5) is 11.5. The second-order valence-electron chi connectivity index (χ2n) is 3.12. The number of nitrogen functional groups attached to an aromatic ring is 1. The Hall–Kier alpha value is -1.74. The Bertz CT molecular complexity index is 548. The van der Waals surface area contributed by atoms with E-state index >= 15 is 0 Å². The summed E-state index contributed by atoms with van der Waals surface area (Å²) in [5.41, 5.74) is 6.66. The molecule has 2 rings (SSSR count). The molecule has 0 atom stereocenters. The van der Waals surface area contributed by atoms with Crippen LogP contribution in [0.3, 0.4) is 0 Å². The molecule has 4 heteroatoms. The van der Waals surface area contributed by atoms with E-state index in [0.717, 1.165) is 0 Å². The normalized spacial score (nSPS) is 10.2. The fourth-order valence-corrected chi connectivity index (χ4v) is 1.62. The highest BCUT2D eigenvalue weighted by Crippen LogP contribution is 2.21. The van der Waals surface area contributed by atoms with Crippen molar-refractivity contribution >= 4 is 17.3 Å². The summed E-state index contributed by atoms with van der Waals surface area (Å²) in [6.45, 7) is 0. The smallest absolute Gasteiger partial charge is 0.255 e. The molecule has 3 nitrogen and oxygen atoms in total. The molecule has 2 N–H and O–H groups in total. The lowest BCUT2D eigenvalue weighted by Gasteiger charge is -2.07. The minimum Gasteiger partial charge on any atom is -0.399 e. The lowest BCUT2D eigenvalue weighted by atomic mass is 10.2. The molecule has 1 heterocycles. The van der Waals surface area contributed by atoms with Crippen LogP contribution in [0.15, 0.2) is 47.4 Å². The maximum absolute atomic E-state index is 11.5. The molecule has 15 heavy (non-hydrogen) atoms. The predicted octanol–water partition coefficient (Wildman–Crippen LogP) is 2.07. The molecule has 0 radical (unpaired) electrons. The summed E-state index contributed by atoms with van der Waals surface area (Å²) in [5.74, 6) is 0. The van der Waals surface area contributed by atoms with E-state index in [4.69, 9.17) is 17.3 Å². The SMILES string of the molecule is Nc1ccc(-n2ccccc2=O)c(Cl)c1. The monoisotopic (exact) mass is 220 g/mol. The van der Waals surface area contributed by atoms with E-state index in [9.17, 15) is 4.79 Å². The zero-order valence-corrected chi connectivity index (χ0v) is 8.61. The number of pyridine rings is 1. The van der Waals surface area contributed by atoms with E-state index in [1.807, 2.05) is 0 Å². The first kappa shape index (κ1) is 9.80. The highest BCUT2D eigenvalue weighted by Gasteiger charge is 2.03. The molecule has 0 amide bonds. The summed E-state index contributed by atoms with van der Waals surface area (Å²) in [6, 6.07) is 9.99. The fraction of sp³-hybridized carbons (Fsp3) is 0. The van der Waals surface area contributed by atoms with Gasteiger partial charge in [0.2, 0.25) is 0 Å². The number of halogens is 1. The maximum Gasteiger partial charge on any atom is 0.255 e. The molecule has 2 aromatic rings. The van der Waals surface area contributed by atoms with Gasteiger partial charge in [-0.05, 0) is 24.3 Å². The Kier molecular flexibility index (Phi) is 2.47. The molecule has 0 aliphatic carbocycles. The van der Waals surface area contributed by atoms with Gasteiger partial charge in [0.1, 0.15) is 0 Å². The standard InChI is InChI=1S/C11H9ClN2O/c12-9-7-8(13)4-5-10(9)14-6-2-1-3-11(14)15/h1-7H,13H2. The van der Waals surface area contributed by atoms with Crippen molar-refractivity contribution in [1.82, 2.24) is 4.57 Å². The maximum atomic E-state index is 11.5. The summed E-state index contributed by atoms with van der Waals surface area (Å²) >= 11 is 6.00. The van der Waals surface area contributed by atoms with Crippen molar-refractivity contribution in [3.05, 3.63) is 58.0 Å². The largest absolute Gasteiger partial charge is 0.399 e. The van der Waals surface area contributed by atoms with Crippen LogP contribution in [0.25, 0.3) is 5.69 Å². The first-order valence-electron chi connectivity index (χ1n) is 4.41. The third kappa shape index (κ3) is 1.87. The van der Waals surface area contributed by atoms with Crippen LogP contribution >= 0.6 is 11.6 Å². The molecular formula is C11H9ClN2O. The highest BCUT2D eigenvalue weighted by molar-refractivity contribution is 6.32. The Morgan fingerprint density at radius 1 is 1.20 bits per heavy atom. The topological polar surface area (TPSA) is 48.0 Å². The average molecular weight is 221 g/mol. The number of rotatable bonds is 1. The number of hydrogen-bond donors (Lipinski definition) is 1. The molecule has 0 saturated carbocycles. The molecule has 76 valence electrons. The third-order valence-corrected chi connectivity index (χ3v) is 2.36. The molecule has 0 aliphatic heterocycles. The quantitative estimate of drug-likeness (QED) is 0.748. The van der Waals surface area contributed by atoms with E-state index < -0.39 is 0 Å². The molecule has 0 saturated heterocycles. The van der Waals surface area contributed by atoms with Crippen LogP contribution in [0, 0.1) is 0 Å². The van der Waals surface area contributed by atoms with E-state index in [1.54, 1.807) is 36.5 Å². The Balaban J connectivity index is 2.65. The van der Waals surface area contributed by atoms with Crippen LogP contribution in [0.2, 0.25) is 5.02 Å². The highest BCUT2D eigenvalue weighted by atomic mass is 35.5. The molecule has 0 bridgehead atoms. The van der Waals surface area contributed by atoms with Gasteiger partial charge in [0.05, 0.1) is 10.7 Å². The van der Waals surface area contributed by atoms with Crippen LogP contribution in [-0.4, -0.2) is 4.57 Å². The van der Waals surface area contributed by atoms with Gasteiger partial charge in [0.15, 0.2) is 0 Å². The van der Waals surface area contributed by atoms with Crippen LogP contribution in [0.5, 0.6) is 0 Å². The van der Waals surface area contributed by atoms with Gasteiger partial charge < -0.3 is 5.73 Å². The summed E-state index contributed by atoms with van der Waals surface area (Å²) in [5, 5.41) is 0.461. The molecule has 0 fully saturated rings. The number of aromatic nitrogens is 1. The fourth-order valence-electron chi connectivity index (χ4n) is 1.34. The van der Waals surface area contributed by atoms with Gasteiger partial charge in [0.25, 0.3) is 5.56 Å². The van der Waals surface area contributed by atoms with Gasteiger partial charge in [-0.15, -0.1) is 0 Å². The third-order valence-electron chi connectivity index (χ3n) is 2.05. The zero-order chi connectivity index (χ0) is 10.8. The molecule has 1 aromatic carbocycles. The lowest BCUT2D eigenvalue weighted by molar-refractivity contribution is 0.991. The number of nitrogens with two attached hydrogens (primary N) is 1. The Morgan fingerprint density at radius 2 is 2.00 bits per heavy atom. The van der Waals surface area contributed by atoms with E-state index in [2.05, 4.69) is 0 Å². The van der Waals surface area contributed by atoms with Gasteiger partial charge >= 0.3 is 0 Å². The van der Waals surface area contributed by atoms with Crippen molar-refractivity contribution in [2.45, 2.75) is 0 Å². The number of hydrogen-bond acceptors (Lipinski definition) is 2. The number of benzene rings is 1. The minimum atomic E-state index is -0.121. The van der Waals surface area contributed by atoms with Gasteiger partial charge in [-0.3, -0.25) is 9.36 Å². The number of anilines is 1. The summed E-state index contributed by atoms with van der Waals surface area (Å²) in [7, 11) is 0. The van der Waals surface area contributed by atoms with Gasteiger partial charge in [-0.25, -0.2) is 0 Å². The van der Waals surface area contributed by atoms with Crippen molar-refractivity contribution in [1.29, 1.82) is 0 Å². The zero-order valence-electron chi connectivity index (χ0n) is 7.85. The van der Waals surface area contributed by atoms with Crippen LogP contribution < -0.4 is 11.3 Å². The van der Waals surface area contributed by atoms with E-state index in [-0.39, 0.29) is 5.56 Å². The van der Waals surface area contributed by atoms with Gasteiger partial charge in [-0.1, -0.05) is 17.7 Å². The van der Waals surface area contributed by atoms with Crippen LogP contribution in [0.4, 0.5) is 5.69 Å². The Labute approximate surface area is 91.7 Å². The lowest BCUT2D eigenvalue weighted by Crippen LogP contribution is -2.15. The van der Waals surface area contributed by atoms with Gasteiger partial charge in [-0.2, -0.15) is 0 Å². The molecule has 0 spiro atoms. The second-order valence-corrected chi connectivity index (χ2v) is 3.53. The second kappa shape index (κ2) is 3.79. The van der Waals surface area contributed by atoms with Gasteiger partial charge in [0, 0.05) is 18.0 Å². The molecular weight excluding hydrogens is 212 g/mol. The molecule has 0 aliphatic rings. The van der Waals surface area contributed by atoms with Crippen molar-refractivity contribution in [3.8, 4) is 5.69 Å². The van der Waals surface area contributed by atoms with Crippen molar-refractivity contribution < 1.29 is 0 Å². The van der Waals surface area contributed by atoms with Crippen molar-refractivity contribution in [3.63, 3.8) is 0 Å². The average Bonchev–Trinajstić information content (AvgIpc) is 2.20. The predicted molar refractivity (Wildman–Crippen MR) is 61.5 cm³/mol. The minimum absolute atomic E-state index is 0.121. The van der Waals surface area contributed by atoms with Crippen LogP contribution in [0.1, 0.15) is 0 Å². The molecule has 1 aromatic heterocycles. The van der Waals surface area contributed by atoms with Crippen LogP contribution in [-0.2, 0) is 0 Å². The van der Waals surface area contributed by atoms with Crippen molar-refractivity contribution in [2.75, 3.05) is 5.73 Å². The van der Waals surface area contributed by atoms with E-state index in [0.29, 0.717) is 16.4 Å². The summed E-state index contributed by atoms with van der Waals surface area (Å²) < 4.78 is 1.47. The Morgan fingerprint density at radius 3 is 2.67 bits per heavy atom. The van der Waals surface area contributed by atoms with Crippen molar-refractivity contribution in [2.24, 2.45) is 0 Å². The first-order valence-corrected chi connectivity index (χ1v) is 4.79. The first-order chi connectivity index (χ1) is 7.18. The molecule has 0 unspecified atom stereocenters. The number of nitrogens with zero attached hydrogens (tertiary/aromatic N) is 1.